The van der Waals surface area contributed by atoms with Gasteiger partial charge in [0.15, 0.2) is 0 Å². The second-order valence-corrected chi connectivity index (χ2v) is 9.02. The molecule has 0 saturated carbocycles. The topological polar surface area (TPSA) is 54.8 Å². The molecule has 1 aromatic heterocycles. The summed E-state index contributed by atoms with van der Waals surface area (Å²) in [6.07, 6.45) is -2.53. The van der Waals surface area contributed by atoms with Gasteiger partial charge in [0.2, 0.25) is 5.91 Å². The third kappa shape index (κ3) is 7.69. The quantitative estimate of drug-likeness (QED) is 0.358. The molecule has 1 heterocycles. The Balaban J connectivity index is 1.75. The Kier molecular flexibility index (Phi) is 9.52. The van der Waals surface area contributed by atoms with Gasteiger partial charge in [0.05, 0.1) is 18.7 Å². The van der Waals surface area contributed by atoms with Crippen molar-refractivity contribution in [2.75, 3.05) is 26.8 Å². The molecule has 0 fully saturated rings. The summed E-state index contributed by atoms with van der Waals surface area (Å²) in [7, 11) is 1.48. The van der Waals surface area contributed by atoms with Crippen molar-refractivity contribution >= 4 is 11.8 Å². The van der Waals surface area contributed by atoms with Gasteiger partial charge in [-0.05, 0) is 55.8 Å². The van der Waals surface area contributed by atoms with Crippen LogP contribution in [0.4, 0.5) is 13.2 Å². The number of nitrogens with zero attached hydrogens (tertiary/aromatic N) is 3. The van der Waals surface area contributed by atoms with Crippen LogP contribution in [0.1, 0.15) is 41.0 Å². The van der Waals surface area contributed by atoms with E-state index in [0.29, 0.717) is 13.1 Å². The molecule has 3 rings (SSSR count). The Morgan fingerprint density at radius 2 is 1.65 bits per heavy atom. The maximum atomic E-state index is 13.4. The number of aromatic nitrogens is 1. The lowest BCUT2D eigenvalue weighted by atomic mass is 10.1. The third-order valence-electron chi connectivity index (χ3n) is 6.03. The molecule has 2 aromatic carbocycles. The number of halogens is 3. The summed E-state index contributed by atoms with van der Waals surface area (Å²) in [5, 5.41) is 0. The van der Waals surface area contributed by atoms with Crippen LogP contribution in [-0.4, -0.2) is 59.0 Å². The fourth-order valence-electron chi connectivity index (χ4n) is 3.95. The van der Waals surface area contributed by atoms with E-state index in [1.54, 1.807) is 4.90 Å². The average Bonchev–Trinajstić information content (AvgIpc) is 3.31. The molecule has 0 saturated heterocycles. The number of carbonyl (C=O) groups excluding carboxylic acids is 2. The predicted octanol–water partition coefficient (Wildman–Crippen LogP) is 5.08. The number of alkyl halides is 3. The van der Waals surface area contributed by atoms with Gasteiger partial charge in [0, 0.05) is 43.7 Å². The maximum absolute atomic E-state index is 13.4. The van der Waals surface area contributed by atoms with E-state index in [2.05, 4.69) is 4.57 Å². The molecule has 198 valence electrons. The van der Waals surface area contributed by atoms with Gasteiger partial charge in [-0.15, -0.1) is 0 Å². The van der Waals surface area contributed by atoms with Crippen molar-refractivity contribution in [2.45, 2.75) is 39.2 Å². The Morgan fingerprint density at radius 3 is 2.24 bits per heavy atom. The second kappa shape index (κ2) is 12.6. The molecule has 2 amide bonds. The highest BCUT2D eigenvalue weighted by Gasteiger charge is 2.31. The van der Waals surface area contributed by atoms with Crippen LogP contribution in [0.15, 0.2) is 72.9 Å². The summed E-state index contributed by atoms with van der Waals surface area (Å²) in [5.41, 5.74) is 1.32. The Labute approximate surface area is 215 Å². The highest BCUT2D eigenvalue weighted by Crippen LogP contribution is 2.29. The molecule has 0 atom stereocenters. The predicted molar refractivity (Wildman–Crippen MR) is 135 cm³/mol. The van der Waals surface area contributed by atoms with E-state index in [-0.39, 0.29) is 37.2 Å². The molecule has 0 spiro atoms. The van der Waals surface area contributed by atoms with Gasteiger partial charge in [-0.1, -0.05) is 30.3 Å². The lowest BCUT2D eigenvalue weighted by Crippen LogP contribution is -2.46. The van der Waals surface area contributed by atoms with Crippen LogP contribution in [0, 0.1) is 0 Å². The fourth-order valence-corrected chi connectivity index (χ4v) is 3.95. The Bertz CT molecular complexity index is 1160. The number of rotatable bonds is 11. The Hall–Kier alpha value is -3.59. The molecule has 6 nitrogen and oxygen atoms in total. The summed E-state index contributed by atoms with van der Waals surface area (Å²) in [6.45, 7) is 4.90. The highest BCUT2D eigenvalue weighted by atomic mass is 19.4. The van der Waals surface area contributed by atoms with E-state index >= 15 is 0 Å². The zero-order valence-corrected chi connectivity index (χ0v) is 21.2. The zero-order valence-electron chi connectivity index (χ0n) is 21.2. The summed E-state index contributed by atoms with van der Waals surface area (Å²) >= 11 is 0. The largest absolute Gasteiger partial charge is 0.416 e. The molecule has 0 N–H and O–H groups in total. The van der Waals surface area contributed by atoms with Gasteiger partial charge < -0.3 is 19.1 Å². The molecule has 37 heavy (non-hydrogen) atoms. The van der Waals surface area contributed by atoms with Crippen molar-refractivity contribution in [1.82, 2.24) is 14.4 Å². The second-order valence-electron chi connectivity index (χ2n) is 9.02. The number of carbonyl (C=O) groups is 2. The van der Waals surface area contributed by atoms with E-state index in [1.165, 1.54) is 12.0 Å². The highest BCUT2D eigenvalue weighted by molar-refractivity contribution is 5.96. The number of benzene rings is 2. The SMILES string of the molecule is COCCN(CC(=O)N(Cc1cccn1Cc1ccccc1)C(C)C)C(=O)c1ccc(C(F)(F)F)cc1. The molecule has 0 aliphatic carbocycles. The third-order valence-corrected chi connectivity index (χ3v) is 6.03. The van der Waals surface area contributed by atoms with E-state index in [4.69, 9.17) is 4.74 Å². The van der Waals surface area contributed by atoms with E-state index in [1.807, 2.05) is 62.5 Å². The molecule has 0 radical (unpaired) electrons. The van der Waals surface area contributed by atoms with Crippen LogP contribution < -0.4 is 0 Å². The van der Waals surface area contributed by atoms with Crippen LogP contribution in [0.5, 0.6) is 0 Å². The first-order chi connectivity index (χ1) is 17.6. The van der Waals surface area contributed by atoms with Crippen molar-refractivity contribution in [3.05, 3.63) is 95.3 Å². The van der Waals surface area contributed by atoms with Crippen molar-refractivity contribution < 1.29 is 27.5 Å². The lowest BCUT2D eigenvalue weighted by molar-refractivity contribution is -0.137. The molecule has 0 unspecified atom stereocenters. The van der Waals surface area contributed by atoms with Crippen molar-refractivity contribution in [3.63, 3.8) is 0 Å². The van der Waals surface area contributed by atoms with Crippen molar-refractivity contribution in [1.29, 1.82) is 0 Å². The minimum absolute atomic E-state index is 0.0738. The summed E-state index contributed by atoms with van der Waals surface area (Å²) < 4.78 is 45.9. The molecule has 0 aliphatic heterocycles. The molecule has 3 aromatic rings. The summed E-state index contributed by atoms with van der Waals surface area (Å²) in [6, 6.07) is 17.7. The monoisotopic (exact) mass is 515 g/mol. The molecule has 0 aliphatic rings. The average molecular weight is 516 g/mol. The molecular weight excluding hydrogens is 483 g/mol. The minimum atomic E-state index is -4.50. The lowest BCUT2D eigenvalue weighted by Gasteiger charge is -2.31. The van der Waals surface area contributed by atoms with Crippen LogP contribution in [0.2, 0.25) is 0 Å². The number of hydrogen-bond acceptors (Lipinski definition) is 3. The Morgan fingerprint density at radius 1 is 0.973 bits per heavy atom. The zero-order chi connectivity index (χ0) is 27.0. The fraction of sp³-hybridized carbons (Fsp3) is 0.357. The van der Waals surface area contributed by atoms with Crippen molar-refractivity contribution in [3.8, 4) is 0 Å². The molecule has 0 bridgehead atoms. The van der Waals surface area contributed by atoms with E-state index in [9.17, 15) is 22.8 Å². The normalized spacial score (nSPS) is 11.5. The van der Waals surface area contributed by atoms with Crippen LogP contribution in [0.3, 0.4) is 0 Å². The van der Waals surface area contributed by atoms with Gasteiger partial charge in [-0.25, -0.2) is 0 Å². The number of hydrogen-bond donors (Lipinski definition) is 0. The summed E-state index contributed by atoms with van der Waals surface area (Å²) in [5.74, 6) is -0.797. The maximum Gasteiger partial charge on any atom is 0.416 e. The van der Waals surface area contributed by atoms with Crippen LogP contribution in [-0.2, 0) is 28.8 Å². The number of methoxy groups -OCH3 is 1. The van der Waals surface area contributed by atoms with E-state index in [0.717, 1.165) is 35.5 Å². The van der Waals surface area contributed by atoms with E-state index < -0.39 is 17.6 Å². The molecule has 9 heteroatoms. The van der Waals surface area contributed by atoms with Crippen LogP contribution in [0.25, 0.3) is 0 Å². The number of ether oxygens (including phenoxy) is 1. The smallest absolute Gasteiger partial charge is 0.383 e. The van der Waals surface area contributed by atoms with Gasteiger partial charge in [0.25, 0.3) is 5.91 Å². The van der Waals surface area contributed by atoms with Crippen LogP contribution >= 0.6 is 0 Å². The minimum Gasteiger partial charge on any atom is -0.383 e. The number of amides is 2. The first kappa shape index (κ1) is 28.0. The van der Waals surface area contributed by atoms with Gasteiger partial charge in [-0.2, -0.15) is 13.2 Å². The van der Waals surface area contributed by atoms with Gasteiger partial charge in [-0.3, -0.25) is 9.59 Å². The summed E-state index contributed by atoms with van der Waals surface area (Å²) in [4.78, 5) is 29.5. The van der Waals surface area contributed by atoms with Crippen molar-refractivity contribution in [2.24, 2.45) is 0 Å². The first-order valence-electron chi connectivity index (χ1n) is 12.0. The first-order valence-corrected chi connectivity index (χ1v) is 12.0. The standard InChI is InChI=1S/C28H32F3N3O3/c1-21(2)34(19-25-10-7-15-32(25)18-22-8-5-4-6-9-22)26(35)20-33(16-17-37-3)27(36)23-11-13-24(14-12-23)28(29,30)31/h4-15,21H,16-20H2,1-3H3. The van der Waals surface area contributed by atoms with Gasteiger partial charge >= 0.3 is 6.18 Å². The van der Waals surface area contributed by atoms with Gasteiger partial charge in [0.1, 0.15) is 6.54 Å². The molecular formula is C28H32F3N3O3.